The Morgan fingerprint density at radius 1 is 1.38 bits per heavy atom. The van der Waals surface area contributed by atoms with E-state index in [0.29, 0.717) is 11.0 Å². The van der Waals surface area contributed by atoms with E-state index in [1.54, 1.807) is 24.3 Å². The van der Waals surface area contributed by atoms with E-state index in [1.165, 1.54) is 0 Å². The lowest BCUT2D eigenvalue weighted by Gasteiger charge is -2.03. The van der Waals surface area contributed by atoms with E-state index in [4.69, 9.17) is 9.68 Å². The van der Waals surface area contributed by atoms with Crippen molar-refractivity contribution in [3.8, 4) is 11.8 Å². The van der Waals surface area contributed by atoms with Crippen LogP contribution in [-0.2, 0) is 6.42 Å². The minimum Gasteiger partial charge on any atom is -0.507 e. The highest BCUT2D eigenvalue weighted by Crippen LogP contribution is 2.26. The third-order valence-electron chi connectivity index (χ3n) is 2.36. The molecular formula is C12H9NO3. The fraction of sp³-hybridized carbons (Fsp3) is 0.167. The quantitative estimate of drug-likeness (QED) is 0.777. The van der Waals surface area contributed by atoms with E-state index in [2.05, 4.69) is 0 Å². The number of hydrogen-bond donors (Lipinski definition) is 1. The fourth-order valence-corrected chi connectivity index (χ4v) is 1.57. The van der Waals surface area contributed by atoms with Crippen molar-refractivity contribution in [1.82, 2.24) is 0 Å². The van der Waals surface area contributed by atoms with Crippen LogP contribution < -0.4 is 5.63 Å². The minimum atomic E-state index is -0.577. The van der Waals surface area contributed by atoms with Crippen LogP contribution in [0, 0.1) is 11.3 Å². The van der Waals surface area contributed by atoms with Crippen LogP contribution >= 0.6 is 0 Å². The van der Waals surface area contributed by atoms with Crippen molar-refractivity contribution >= 4 is 11.0 Å². The van der Waals surface area contributed by atoms with Crippen LogP contribution in [0.4, 0.5) is 0 Å². The first kappa shape index (κ1) is 10.2. The van der Waals surface area contributed by atoms with Gasteiger partial charge in [-0.15, -0.1) is 0 Å². The number of fused-ring (bicyclic) bond motifs is 1. The summed E-state index contributed by atoms with van der Waals surface area (Å²) in [5.41, 5.74) is -0.0580. The van der Waals surface area contributed by atoms with Gasteiger partial charge in [0.2, 0.25) is 0 Å². The number of nitriles is 1. The molecule has 4 heteroatoms. The Morgan fingerprint density at radius 2 is 2.12 bits per heavy atom. The second-order valence-corrected chi connectivity index (χ2v) is 3.37. The zero-order valence-corrected chi connectivity index (χ0v) is 8.43. The second kappa shape index (κ2) is 4.07. The Labute approximate surface area is 91.4 Å². The summed E-state index contributed by atoms with van der Waals surface area (Å²) in [6, 6.07) is 8.68. The number of para-hydroxylation sites is 1. The van der Waals surface area contributed by atoms with E-state index in [1.807, 2.05) is 6.07 Å². The van der Waals surface area contributed by atoms with Crippen molar-refractivity contribution in [2.24, 2.45) is 0 Å². The molecule has 0 saturated heterocycles. The predicted octanol–water partition coefficient (Wildman–Crippen LogP) is 1.95. The molecule has 0 radical (unpaired) electrons. The standard InChI is InChI=1S/C12H9NO3/c13-7-3-5-9-11(14)8-4-1-2-6-10(8)16-12(9)15/h1-2,4,6,14H,3,5H2. The molecule has 0 bridgehead atoms. The number of nitrogens with zero attached hydrogens (tertiary/aromatic N) is 1. The maximum atomic E-state index is 11.5. The van der Waals surface area contributed by atoms with Gasteiger partial charge in [0.05, 0.1) is 17.0 Å². The molecule has 0 unspecified atom stereocenters. The minimum absolute atomic E-state index is 0.0814. The molecule has 1 N–H and O–H groups in total. The van der Waals surface area contributed by atoms with Gasteiger partial charge in [-0.1, -0.05) is 12.1 Å². The normalized spacial score (nSPS) is 10.2. The third-order valence-corrected chi connectivity index (χ3v) is 2.36. The first-order chi connectivity index (χ1) is 7.74. The summed E-state index contributed by atoms with van der Waals surface area (Å²) in [5, 5.41) is 18.8. The summed E-state index contributed by atoms with van der Waals surface area (Å²) in [6.07, 6.45) is 0.381. The SMILES string of the molecule is N#CCCc1c(O)c2ccccc2oc1=O. The topological polar surface area (TPSA) is 74.2 Å². The van der Waals surface area contributed by atoms with Crippen LogP contribution in [0.25, 0.3) is 11.0 Å². The molecule has 0 amide bonds. The Bertz CT molecular complexity index is 622. The highest BCUT2D eigenvalue weighted by molar-refractivity contribution is 5.83. The summed E-state index contributed by atoms with van der Waals surface area (Å²) in [7, 11) is 0. The van der Waals surface area contributed by atoms with Gasteiger partial charge < -0.3 is 9.52 Å². The molecule has 0 aliphatic rings. The van der Waals surface area contributed by atoms with Gasteiger partial charge in [-0.2, -0.15) is 5.26 Å². The molecule has 80 valence electrons. The maximum absolute atomic E-state index is 11.5. The van der Waals surface area contributed by atoms with Crippen LogP contribution in [0.1, 0.15) is 12.0 Å². The summed E-state index contributed by atoms with van der Waals surface area (Å²) in [5.74, 6) is -0.0814. The lowest BCUT2D eigenvalue weighted by atomic mass is 10.1. The Hall–Kier alpha value is -2.28. The van der Waals surface area contributed by atoms with Crippen LogP contribution in [-0.4, -0.2) is 5.11 Å². The zero-order chi connectivity index (χ0) is 11.5. The van der Waals surface area contributed by atoms with Crippen LogP contribution in [0.2, 0.25) is 0 Å². The van der Waals surface area contributed by atoms with Gasteiger partial charge in [-0.05, 0) is 18.6 Å². The van der Waals surface area contributed by atoms with Gasteiger partial charge in [-0.25, -0.2) is 4.79 Å². The lowest BCUT2D eigenvalue weighted by molar-refractivity contribution is 0.457. The van der Waals surface area contributed by atoms with Crippen molar-refractivity contribution in [1.29, 1.82) is 5.26 Å². The second-order valence-electron chi connectivity index (χ2n) is 3.37. The average molecular weight is 215 g/mol. The molecule has 4 nitrogen and oxygen atoms in total. The molecule has 0 fully saturated rings. The summed E-state index contributed by atoms with van der Waals surface area (Å²) < 4.78 is 5.05. The molecule has 16 heavy (non-hydrogen) atoms. The molecule has 2 rings (SSSR count). The molecule has 0 aliphatic carbocycles. The molecule has 0 aliphatic heterocycles. The van der Waals surface area contributed by atoms with Crippen molar-refractivity contribution < 1.29 is 9.52 Å². The van der Waals surface area contributed by atoms with Crippen LogP contribution in [0.5, 0.6) is 5.75 Å². The van der Waals surface area contributed by atoms with E-state index in [9.17, 15) is 9.90 Å². The number of aromatic hydroxyl groups is 1. The average Bonchev–Trinajstić information content (AvgIpc) is 2.29. The molecule has 1 aromatic carbocycles. The Kier molecular flexibility index (Phi) is 2.61. The smallest absolute Gasteiger partial charge is 0.343 e. The summed E-state index contributed by atoms with van der Waals surface area (Å²) in [4.78, 5) is 11.5. The first-order valence-corrected chi connectivity index (χ1v) is 4.84. The molecule has 1 aromatic heterocycles. The molecule has 1 heterocycles. The number of benzene rings is 1. The van der Waals surface area contributed by atoms with E-state index >= 15 is 0 Å². The lowest BCUT2D eigenvalue weighted by Crippen LogP contribution is -2.07. The number of rotatable bonds is 2. The zero-order valence-electron chi connectivity index (χ0n) is 8.43. The molecule has 0 saturated carbocycles. The van der Waals surface area contributed by atoms with Gasteiger partial charge in [0, 0.05) is 6.42 Å². The summed E-state index contributed by atoms with van der Waals surface area (Å²) >= 11 is 0. The molecular weight excluding hydrogens is 206 g/mol. The summed E-state index contributed by atoms with van der Waals surface area (Å²) in [6.45, 7) is 0. The van der Waals surface area contributed by atoms with Gasteiger partial charge in [-0.3, -0.25) is 0 Å². The first-order valence-electron chi connectivity index (χ1n) is 4.84. The van der Waals surface area contributed by atoms with E-state index < -0.39 is 5.63 Å². The largest absolute Gasteiger partial charge is 0.507 e. The highest BCUT2D eigenvalue weighted by Gasteiger charge is 2.12. The Morgan fingerprint density at radius 3 is 2.88 bits per heavy atom. The molecule has 0 spiro atoms. The van der Waals surface area contributed by atoms with E-state index in [-0.39, 0.29) is 24.2 Å². The van der Waals surface area contributed by atoms with Gasteiger partial charge in [0.15, 0.2) is 0 Å². The fourth-order valence-electron chi connectivity index (χ4n) is 1.57. The van der Waals surface area contributed by atoms with E-state index in [0.717, 1.165) is 0 Å². The van der Waals surface area contributed by atoms with Gasteiger partial charge >= 0.3 is 5.63 Å². The monoisotopic (exact) mass is 215 g/mol. The van der Waals surface area contributed by atoms with Crippen molar-refractivity contribution in [3.63, 3.8) is 0 Å². The van der Waals surface area contributed by atoms with Gasteiger partial charge in [0.25, 0.3) is 0 Å². The van der Waals surface area contributed by atoms with Crippen molar-refractivity contribution in [3.05, 3.63) is 40.2 Å². The van der Waals surface area contributed by atoms with Crippen LogP contribution in [0.15, 0.2) is 33.5 Å². The Balaban J connectivity index is 2.67. The highest BCUT2D eigenvalue weighted by atomic mass is 16.4. The molecule has 0 atom stereocenters. The van der Waals surface area contributed by atoms with Crippen molar-refractivity contribution in [2.75, 3.05) is 0 Å². The predicted molar refractivity (Wildman–Crippen MR) is 58.1 cm³/mol. The van der Waals surface area contributed by atoms with Gasteiger partial charge in [0.1, 0.15) is 11.3 Å². The molecule has 2 aromatic rings. The van der Waals surface area contributed by atoms with Crippen LogP contribution in [0.3, 0.4) is 0 Å². The van der Waals surface area contributed by atoms with Crippen molar-refractivity contribution in [2.45, 2.75) is 12.8 Å². The third kappa shape index (κ3) is 1.63. The maximum Gasteiger partial charge on any atom is 0.343 e. The number of hydrogen-bond acceptors (Lipinski definition) is 4.